The SMILES string of the molecule is O=C(c1ccccc1)N1CCS[C@@H]1c1cccc(Cl)c1Cl. The third-order valence-corrected chi connectivity index (χ3v) is 5.50. The lowest BCUT2D eigenvalue weighted by Crippen LogP contribution is -2.30. The first-order valence-corrected chi connectivity index (χ1v) is 8.40. The Kier molecular flexibility index (Phi) is 4.43. The zero-order valence-electron chi connectivity index (χ0n) is 11.1. The maximum Gasteiger partial charge on any atom is 0.255 e. The first-order valence-electron chi connectivity index (χ1n) is 6.60. The molecule has 0 saturated carbocycles. The van der Waals surface area contributed by atoms with Gasteiger partial charge >= 0.3 is 0 Å². The lowest BCUT2D eigenvalue weighted by atomic mass is 10.1. The van der Waals surface area contributed by atoms with Gasteiger partial charge < -0.3 is 4.90 Å². The van der Waals surface area contributed by atoms with E-state index in [9.17, 15) is 4.79 Å². The maximum absolute atomic E-state index is 12.7. The van der Waals surface area contributed by atoms with Gasteiger partial charge in [0.15, 0.2) is 0 Å². The van der Waals surface area contributed by atoms with Crippen molar-refractivity contribution in [3.05, 3.63) is 69.7 Å². The topological polar surface area (TPSA) is 20.3 Å². The van der Waals surface area contributed by atoms with Gasteiger partial charge in [0.1, 0.15) is 5.37 Å². The Morgan fingerprint density at radius 3 is 2.62 bits per heavy atom. The molecular formula is C16H13Cl2NOS. The van der Waals surface area contributed by atoms with Crippen LogP contribution in [0.5, 0.6) is 0 Å². The van der Waals surface area contributed by atoms with Gasteiger partial charge in [0.25, 0.3) is 5.91 Å². The molecule has 1 amide bonds. The summed E-state index contributed by atoms with van der Waals surface area (Å²) in [5, 5.41) is 0.974. The zero-order chi connectivity index (χ0) is 14.8. The smallest absolute Gasteiger partial charge is 0.255 e. The Labute approximate surface area is 138 Å². The van der Waals surface area contributed by atoms with E-state index < -0.39 is 0 Å². The average Bonchev–Trinajstić information content (AvgIpc) is 2.99. The van der Waals surface area contributed by atoms with Crippen LogP contribution in [0.25, 0.3) is 0 Å². The van der Waals surface area contributed by atoms with Crippen molar-refractivity contribution >= 4 is 40.9 Å². The molecule has 0 spiro atoms. The summed E-state index contributed by atoms with van der Waals surface area (Å²) in [5.41, 5.74) is 1.60. The molecule has 108 valence electrons. The molecule has 0 aromatic heterocycles. The van der Waals surface area contributed by atoms with Gasteiger partial charge in [-0.15, -0.1) is 11.8 Å². The zero-order valence-corrected chi connectivity index (χ0v) is 13.5. The molecule has 0 radical (unpaired) electrons. The van der Waals surface area contributed by atoms with Crippen LogP contribution < -0.4 is 0 Å². The van der Waals surface area contributed by atoms with Gasteiger partial charge in [0, 0.05) is 23.4 Å². The molecule has 2 aromatic rings. The fraction of sp³-hybridized carbons (Fsp3) is 0.188. The minimum Gasteiger partial charge on any atom is -0.322 e. The number of hydrogen-bond acceptors (Lipinski definition) is 2. The third-order valence-electron chi connectivity index (χ3n) is 3.42. The summed E-state index contributed by atoms with van der Waals surface area (Å²) in [5.74, 6) is 0.924. The molecule has 0 N–H and O–H groups in total. The van der Waals surface area contributed by atoms with Crippen molar-refractivity contribution in [2.75, 3.05) is 12.3 Å². The molecule has 21 heavy (non-hydrogen) atoms. The standard InChI is InChI=1S/C16H13Cl2NOS/c17-13-8-4-7-12(14(13)18)16-19(9-10-21-16)15(20)11-5-2-1-3-6-11/h1-8,16H,9-10H2/t16-/m1/s1. The Bertz CT molecular complexity index is 663. The van der Waals surface area contributed by atoms with Crippen molar-refractivity contribution in [2.45, 2.75) is 5.37 Å². The molecule has 3 rings (SSSR count). The van der Waals surface area contributed by atoms with Crippen molar-refractivity contribution in [2.24, 2.45) is 0 Å². The Morgan fingerprint density at radius 2 is 1.86 bits per heavy atom. The second-order valence-electron chi connectivity index (χ2n) is 4.73. The number of hydrogen-bond donors (Lipinski definition) is 0. The van der Waals surface area contributed by atoms with Crippen LogP contribution in [0.4, 0.5) is 0 Å². The summed E-state index contributed by atoms with van der Waals surface area (Å²) in [7, 11) is 0. The summed E-state index contributed by atoms with van der Waals surface area (Å²) in [4.78, 5) is 14.5. The van der Waals surface area contributed by atoms with Crippen molar-refractivity contribution in [1.82, 2.24) is 4.90 Å². The number of nitrogens with zero attached hydrogens (tertiary/aromatic N) is 1. The van der Waals surface area contributed by atoms with Crippen molar-refractivity contribution in [3.8, 4) is 0 Å². The highest BCUT2D eigenvalue weighted by molar-refractivity contribution is 7.99. The number of carbonyl (C=O) groups excluding carboxylic acids is 1. The van der Waals surface area contributed by atoms with Crippen molar-refractivity contribution in [3.63, 3.8) is 0 Å². The number of carbonyl (C=O) groups is 1. The fourth-order valence-corrected chi connectivity index (χ4v) is 4.15. The number of amides is 1. The van der Waals surface area contributed by atoms with Crippen molar-refractivity contribution < 1.29 is 4.79 Å². The van der Waals surface area contributed by atoms with Gasteiger partial charge in [0.2, 0.25) is 0 Å². The van der Waals surface area contributed by atoms with Crippen LogP contribution in [0.2, 0.25) is 10.0 Å². The monoisotopic (exact) mass is 337 g/mol. The third kappa shape index (κ3) is 2.91. The number of rotatable bonds is 2. The van der Waals surface area contributed by atoms with Crippen LogP contribution in [0.1, 0.15) is 21.3 Å². The first kappa shape index (κ1) is 14.8. The van der Waals surface area contributed by atoms with Crippen LogP contribution >= 0.6 is 35.0 Å². The van der Waals surface area contributed by atoms with Crippen LogP contribution in [-0.2, 0) is 0 Å². The largest absolute Gasteiger partial charge is 0.322 e. The molecule has 1 heterocycles. The van der Waals surface area contributed by atoms with Crippen LogP contribution in [0.3, 0.4) is 0 Å². The fourth-order valence-electron chi connectivity index (χ4n) is 2.39. The van der Waals surface area contributed by atoms with E-state index in [0.29, 0.717) is 22.2 Å². The minimum atomic E-state index is -0.0797. The van der Waals surface area contributed by atoms with E-state index in [1.165, 1.54) is 0 Å². The van der Waals surface area contributed by atoms with Gasteiger partial charge in [-0.1, -0.05) is 53.5 Å². The first-order chi connectivity index (χ1) is 10.2. The van der Waals surface area contributed by atoms with Gasteiger partial charge in [-0.05, 0) is 18.2 Å². The van der Waals surface area contributed by atoms with Gasteiger partial charge in [-0.25, -0.2) is 0 Å². The molecule has 1 aliphatic rings. The molecule has 1 fully saturated rings. The molecule has 0 aliphatic carbocycles. The van der Waals surface area contributed by atoms with Crippen LogP contribution in [-0.4, -0.2) is 23.1 Å². The Balaban J connectivity index is 1.93. The molecule has 1 atom stereocenters. The van der Waals surface area contributed by atoms with Gasteiger partial charge in [0.05, 0.1) is 10.0 Å². The number of halogens is 2. The summed E-state index contributed by atoms with van der Waals surface area (Å²) in [6, 6.07) is 14.9. The molecule has 5 heteroatoms. The summed E-state index contributed by atoms with van der Waals surface area (Å²) >= 11 is 14.1. The highest BCUT2D eigenvalue weighted by atomic mass is 35.5. The average molecular weight is 338 g/mol. The second-order valence-corrected chi connectivity index (χ2v) is 6.70. The lowest BCUT2D eigenvalue weighted by molar-refractivity contribution is 0.0760. The maximum atomic E-state index is 12.7. The highest BCUT2D eigenvalue weighted by Gasteiger charge is 2.32. The highest BCUT2D eigenvalue weighted by Crippen LogP contribution is 2.43. The van der Waals surface area contributed by atoms with E-state index in [4.69, 9.17) is 23.2 Å². The van der Waals surface area contributed by atoms with E-state index >= 15 is 0 Å². The quantitative estimate of drug-likeness (QED) is 0.778. The van der Waals surface area contributed by atoms with E-state index in [-0.39, 0.29) is 11.3 Å². The van der Waals surface area contributed by atoms with E-state index in [2.05, 4.69) is 0 Å². The van der Waals surface area contributed by atoms with E-state index in [1.807, 2.05) is 47.4 Å². The molecule has 1 saturated heterocycles. The number of thioether (sulfide) groups is 1. The molecule has 2 aromatic carbocycles. The molecular weight excluding hydrogens is 325 g/mol. The predicted octanol–water partition coefficient (Wildman–Crippen LogP) is 4.88. The van der Waals surface area contributed by atoms with Crippen LogP contribution in [0.15, 0.2) is 48.5 Å². The lowest BCUT2D eigenvalue weighted by Gasteiger charge is -2.25. The van der Waals surface area contributed by atoms with E-state index in [1.54, 1.807) is 17.8 Å². The van der Waals surface area contributed by atoms with Gasteiger partial charge in [-0.3, -0.25) is 4.79 Å². The van der Waals surface area contributed by atoms with Gasteiger partial charge in [-0.2, -0.15) is 0 Å². The molecule has 1 aliphatic heterocycles. The summed E-state index contributed by atoms with van der Waals surface area (Å²) < 4.78 is 0. The Morgan fingerprint density at radius 1 is 1.10 bits per heavy atom. The summed E-state index contributed by atoms with van der Waals surface area (Å²) in [6.07, 6.45) is 0. The summed E-state index contributed by atoms with van der Waals surface area (Å²) in [6.45, 7) is 0.714. The van der Waals surface area contributed by atoms with Crippen molar-refractivity contribution in [1.29, 1.82) is 0 Å². The molecule has 2 nitrogen and oxygen atoms in total. The minimum absolute atomic E-state index is 0.0293. The van der Waals surface area contributed by atoms with E-state index in [0.717, 1.165) is 11.3 Å². The predicted molar refractivity (Wildman–Crippen MR) is 89.1 cm³/mol. The second kappa shape index (κ2) is 6.30. The normalized spacial score (nSPS) is 18.0. The molecule has 0 bridgehead atoms. The Hall–Kier alpha value is -1.16. The number of benzene rings is 2. The van der Waals surface area contributed by atoms with Crippen LogP contribution in [0, 0.1) is 0 Å². The molecule has 0 unspecified atom stereocenters.